The lowest BCUT2D eigenvalue weighted by Gasteiger charge is -2.38. The fraction of sp³-hybridized carbons (Fsp3) is 0.500. The van der Waals surface area contributed by atoms with Gasteiger partial charge < -0.3 is 10.0 Å². The molecule has 1 saturated heterocycles. The monoisotopic (exact) mass is 178 g/mol. The molecule has 0 amide bonds. The Bertz CT molecular complexity index is 295. The summed E-state index contributed by atoms with van der Waals surface area (Å²) >= 11 is 0. The maximum Gasteiger partial charge on any atom is 0.128 e. The van der Waals surface area contributed by atoms with Crippen LogP contribution in [0, 0.1) is 5.92 Å². The zero-order chi connectivity index (χ0) is 9.26. The van der Waals surface area contributed by atoms with Gasteiger partial charge in [0.25, 0.3) is 0 Å². The molecule has 1 aromatic heterocycles. The molecule has 0 atom stereocenters. The van der Waals surface area contributed by atoms with E-state index in [1.54, 1.807) is 0 Å². The highest BCUT2D eigenvalue weighted by Gasteiger charge is 2.23. The number of pyridine rings is 1. The summed E-state index contributed by atoms with van der Waals surface area (Å²) in [5, 5.41) is 8.91. The number of nitrogens with zero attached hydrogens (tertiary/aromatic N) is 2. The van der Waals surface area contributed by atoms with Crippen molar-refractivity contribution >= 4 is 5.82 Å². The Morgan fingerprint density at radius 2 is 2.31 bits per heavy atom. The Morgan fingerprint density at radius 1 is 1.54 bits per heavy atom. The van der Waals surface area contributed by atoms with E-state index in [0.717, 1.165) is 30.5 Å². The number of aromatic nitrogens is 1. The van der Waals surface area contributed by atoms with Crippen LogP contribution >= 0.6 is 0 Å². The van der Waals surface area contributed by atoms with E-state index in [2.05, 4.69) is 16.8 Å². The molecule has 0 radical (unpaired) electrons. The maximum atomic E-state index is 8.91. The normalized spacial score (nSPS) is 17.2. The van der Waals surface area contributed by atoms with Gasteiger partial charge in [0.1, 0.15) is 5.82 Å². The molecule has 3 nitrogen and oxygen atoms in total. The van der Waals surface area contributed by atoms with Gasteiger partial charge in [0, 0.05) is 13.1 Å². The predicted molar refractivity (Wildman–Crippen MR) is 51.5 cm³/mol. The third-order valence-electron chi connectivity index (χ3n) is 2.34. The molecule has 2 rings (SSSR count). The minimum atomic E-state index is 0.0250. The van der Waals surface area contributed by atoms with E-state index in [1.807, 2.05) is 18.2 Å². The van der Waals surface area contributed by atoms with Crippen molar-refractivity contribution in [2.24, 2.45) is 5.92 Å². The van der Waals surface area contributed by atoms with Gasteiger partial charge in [0.2, 0.25) is 0 Å². The van der Waals surface area contributed by atoms with Gasteiger partial charge in [0.05, 0.1) is 12.3 Å². The first-order valence-electron chi connectivity index (χ1n) is 4.61. The Morgan fingerprint density at radius 3 is 2.92 bits per heavy atom. The zero-order valence-corrected chi connectivity index (χ0v) is 7.77. The van der Waals surface area contributed by atoms with E-state index in [9.17, 15) is 0 Å². The fourth-order valence-electron chi connectivity index (χ4n) is 1.62. The molecule has 70 valence electrons. The third kappa shape index (κ3) is 1.65. The summed E-state index contributed by atoms with van der Waals surface area (Å²) in [5.74, 6) is 1.77. The SMILES string of the molecule is CC1CN(c2cccc(CO)n2)C1. The summed E-state index contributed by atoms with van der Waals surface area (Å²) in [4.78, 5) is 6.55. The van der Waals surface area contributed by atoms with Crippen LogP contribution in [0.5, 0.6) is 0 Å². The molecule has 0 unspecified atom stereocenters. The highest BCUT2D eigenvalue weighted by Crippen LogP contribution is 2.21. The average molecular weight is 178 g/mol. The van der Waals surface area contributed by atoms with Gasteiger partial charge in [-0.2, -0.15) is 0 Å². The third-order valence-corrected chi connectivity index (χ3v) is 2.34. The molecule has 0 aromatic carbocycles. The maximum absolute atomic E-state index is 8.91. The van der Waals surface area contributed by atoms with Crippen LogP contribution in [0.25, 0.3) is 0 Å². The summed E-state index contributed by atoms with van der Waals surface area (Å²) in [5.41, 5.74) is 0.747. The Hall–Kier alpha value is -1.09. The molecule has 0 aliphatic carbocycles. The van der Waals surface area contributed by atoms with E-state index >= 15 is 0 Å². The smallest absolute Gasteiger partial charge is 0.128 e. The number of hydrogen-bond acceptors (Lipinski definition) is 3. The second kappa shape index (κ2) is 3.34. The summed E-state index contributed by atoms with van der Waals surface area (Å²) < 4.78 is 0. The number of anilines is 1. The second-order valence-electron chi connectivity index (χ2n) is 3.66. The van der Waals surface area contributed by atoms with Crippen molar-refractivity contribution in [1.29, 1.82) is 0 Å². The molecule has 1 aliphatic rings. The van der Waals surface area contributed by atoms with Gasteiger partial charge >= 0.3 is 0 Å². The molecule has 13 heavy (non-hydrogen) atoms. The van der Waals surface area contributed by atoms with E-state index < -0.39 is 0 Å². The molecule has 2 heterocycles. The summed E-state index contributed by atoms with van der Waals surface area (Å²) in [7, 11) is 0. The predicted octanol–water partition coefficient (Wildman–Crippen LogP) is 1.03. The van der Waals surface area contributed by atoms with Crippen LogP contribution < -0.4 is 4.90 Å². The second-order valence-corrected chi connectivity index (χ2v) is 3.66. The highest BCUT2D eigenvalue weighted by atomic mass is 16.3. The first kappa shape index (κ1) is 8.51. The van der Waals surface area contributed by atoms with Crippen molar-refractivity contribution in [1.82, 2.24) is 4.98 Å². The lowest BCUT2D eigenvalue weighted by molar-refractivity contribution is 0.276. The van der Waals surface area contributed by atoms with Crippen LogP contribution in [-0.2, 0) is 6.61 Å². The van der Waals surface area contributed by atoms with Crippen LogP contribution in [0.3, 0.4) is 0 Å². The first-order valence-corrected chi connectivity index (χ1v) is 4.61. The molecule has 0 spiro atoms. The van der Waals surface area contributed by atoms with Gasteiger partial charge in [0.15, 0.2) is 0 Å². The molecule has 0 saturated carbocycles. The van der Waals surface area contributed by atoms with Gasteiger partial charge in [-0.05, 0) is 18.1 Å². The van der Waals surface area contributed by atoms with Gasteiger partial charge in [-0.1, -0.05) is 13.0 Å². The van der Waals surface area contributed by atoms with E-state index in [-0.39, 0.29) is 6.61 Å². The molecule has 1 fully saturated rings. The minimum Gasteiger partial charge on any atom is -0.390 e. The van der Waals surface area contributed by atoms with Gasteiger partial charge in [-0.15, -0.1) is 0 Å². The standard InChI is InChI=1S/C10H14N2O/c1-8-5-12(6-8)10-4-2-3-9(7-13)11-10/h2-4,8,13H,5-7H2,1H3. The zero-order valence-electron chi connectivity index (χ0n) is 7.77. The van der Waals surface area contributed by atoms with Crippen molar-refractivity contribution in [2.75, 3.05) is 18.0 Å². The molecular formula is C10H14N2O. The number of rotatable bonds is 2. The lowest BCUT2D eigenvalue weighted by atomic mass is 10.0. The van der Waals surface area contributed by atoms with Crippen molar-refractivity contribution in [2.45, 2.75) is 13.5 Å². The fourth-order valence-corrected chi connectivity index (χ4v) is 1.62. The van der Waals surface area contributed by atoms with Crippen molar-refractivity contribution < 1.29 is 5.11 Å². The lowest BCUT2D eigenvalue weighted by Crippen LogP contribution is -2.45. The van der Waals surface area contributed by atoms with Crippen molar-refractivity contribution in [3.8, 4) is 0 Å². The first-order chi connectivity index (χ1) is 6.29. The Balaban J connectivity index is 2.12. The summed E-state index contributed by atoms with van der Waals surface area (Å²) in [6.45, 7) is 4.42. The minimum absolute atomic E-state index is 0.0250. The van der Waals surface area contributed by atoms with Crippen LogP contribution in [0.2, 0.25) is 0 Å². The Kier molecular flexibility index (Phi) is 2.19. The molecular weight excluding hydrogens is 164 g/mol. The molecule has 1 N–H and O–H groups in total. The van der Waals surface area contributed by atoms with Crippen LogP contribution in [-0.4, -0.2) is 23.2 Å². The van der Waals surface area contributed by atoms with Crippen LogP contribution in [0.1, 0.15) is 12.6 Å². The van der Waals surface area contributed by atoms with Crippen molar-refractivity contribution in [3.05, 3.63) is 23.9 Å². The molecule has 1 aromatic rings. The van der Waals surface area contributed by atoms with Gasteiger partial charge in [-0.25, -0.2) is 4.98 Å². The molecule has 0 bridgehead atoms. The van der Waals surface area contributed by atoms with Crippen molar-refractivity contribution in [3.63, 3.8) is 0 Å². The largest absolute Gasteiger partial charge is 0.390 e. The summed E-state index contributed by atoms with van der Waals surface area (Å²) in [6, 6.07) is 5.77. The highest BCUT2D eigenvalue weighted by molar-refractivity contribution is 5.42. The van der Waals surface area contributed by atoms with E-state index in [0.29, 0.717) is 0 Å². The number of aliphatic hydroxyl groups excluding tert-OH is 1. The molecule has 1 aliphatic heterocycles. The quantitative estimate of drug-likeness (QED) is 0.734. The topological polar surface area (TPSA) is 36.4 Å². The average Bonchev–Trinajstić information content (AvgIpc) is 2.13. The molecule has 3 heteroatoms. The number of hydrogen-bond donors (Lipinski definition) is 1. The van der Waals surface area contributed by atoms with Crippen LogP contribution in [0.15, 0.2) is 18.2 Å². The Labute approximate surface area is 78.0 Å². The van der Waals surface area contributed by atoms with E-state index in [4.69, 9.17) is 5.11 Å². The van der Waals surface area contributed by atoms with Gasteiger partial charge in [-0.3, -0.25) is 0 Å². The van der Waals surface area contributed by atoms with Crippen LogP contribution in [0.4, 0.5) is 5.82 Å². The van der Waals surface area contributed by atoms with E-state index in [1.165, 1.54) is 0 Å². The number of aliphatic hydroxyl groups is 1. The summed E-state index contributed by atoms with van der Waals surface area (Å²) in [6.07, 6.45) is 0.